The van der Waals surface area contributed by atoms with Crippen LogP contribution in [0.4, 0.5) is 17.5 Å². The Labute approximate surface area is 206 Å². The lowest BCUT2D eigenvalue weighted by Gasteiger charge is -2.33. The summed E-state index contributed by atoms with van der Waals surface area (Å²) in [4.78, 5) is 31.2. The van der Waals surface area contributed by atoms with E-state index in [0.29, 0.717) is 24.7 Å². The van der Waals surface area contributed by atoms with Crippen molar-refractivity contribution in [3.63, 3.8) is 0 Å². The number of likely N-dealkylation sites (N-methyl/N-ethyl adjacent to an activating group) is 1. The Morgan fingerprint density at radius 3 is 2.69 bits per heavy atom. The van der Waals surface area contributed by atoms with Crippen molar-refractivity contribution in [2.75, 3.05) is 50.0 Å². The standard InChI is InChI=1S/C26H36N8O/c1-4-5-6-9-26(2)18-29-23(35)15-21-14-19-16-28-25(31-24(19)34(21)26)30-22-8-7-20(17-27-22)33-12-10-32(3)11-13-33/h7-8,14,16-17H,4-6,9-13,15,18H2,1-3H3,(H,29,35)(H,27,28,30,31). The molecule has 2 aliphatic rings. The molecule has 1 atom stereocenters. The molecule has 35 heavy (non-hydrogen) atoms. The van der Waals surface area contributed by atoms with E-state index >= 15 is 0 Å². The summed E-state index contributed by atoms with van der Waals surface area (Å²) in [5.41, 5.74) is 2.76. The van der Waals surface area contributed by atoms with Crippen LogP contribution in [0, 0.1) is 0 Å². The van der Waals surface area contributed by atoms with Crippen molar-refractivity contribution in [2.45, 2.75) is 51.5 Å². The lowest BCUT2D eigenvalue weighted by atomic mass is 9.93. The van der Waals surface area contributed by atoms with Crippen molar-refractivity contribution in [3.8, 4) is 0 Å². The summed E-state index contributed by atoms with van der Waals surface area (Å²) in [6.07, 6.45) is 8.56. The first kappa shape index (κ1) is 23.5. The fraction of sp³-hybridized carbons (Fsp3) is 0.538. The third kappa shape index (κ3) is 4.96. The molecule has 0 bridgehead atoms. The van der Waals surface area contributed by atoms with E-state index in [-0.39, 0.29) is 11.4 Å². The third-order valence-electron chi connectivity index (χ3n) is 7.34. The predicted molar refractivity (Wildman–Crippen MR) is 139 cm³/mol. The van der Waals surface area contributed by atoms with E-state index in [1.165, 1.54) is 12.8 Å². The van der Waals surface area contributed by atoms with Gasteiger partial charge in [0.05, 0.1) is 23.8 Å². The number of rotatable bonds is 7. The zero-order valence-electron chi connectivity index (χ0n) is 21.0. The van der Waals surface area contributed by atoms with Gasteiger partial charge in [-0.05, 0) is 38.6 Å². The summed E-state index contributed by atoms with van der Waals surface area (Å²) in [5.74, 6) is 1.29. The molecule has 2 N–H and O–H groups in total. The van der Waals surface area contributed by atoms with Gasteiger partial charge in [-0.3, -0.25) is 4.79 Å². The molecule has 3 aromatic heterocycles. The quantitative estimate of drug-likeness (QED) is 0.506. The fourth-order valence-corrected chi connectivity index (χ4v) is 5.21. The summed E-state index contributed by atoms with van der Waals surface area (Å²) < 4.78 is 2.27. The molecule has 3 aromatic rings. The smallest absolute Gasteiger partial charge is 0.230 e. The molecule has 2 aliphatic heterocycles. The van der Waals surface area contributed by atoms with E-state index < -0.39 is 0 Å². The van der Waals surface area contributed by atoms with Crippen LogP contribution in [0.5, 0.6) is 0 Å². The number of amides is 1. The second-order valence-corrected chi connectivity index (χ2v) is 10.2. The molecule has 5 heterocycles. The number of piperazine rings is 1. The molecule has 186 valence electrons. The zero-order valence-corrected chi connectivity index (χ0v) is 21.0. The number of hydrogen-bond donors (Lipinski definition) is 2. The molecule has 0 aromatic carbocycles. The van der Waals surface area contributed by atoms with Gasteiger partial charge in [0.15, 0.2) is 0 Å². The Balaban J connectivity index is 1.40. The zero-order chi connectivity index (χ0) is 24.4. The summed E-state index contributed by atoms with van der Waals surface area (Å²) in [7, 11) is 2.16. The highest BCUT2D eigenvalue weighted by Crippen LogP contribution is 2.33. The Bertz CT molecular complexity index is 1180. The van der Waals surface area contributed by atoms with Gasteiger partial charge >= 0.3 is 0 Å². The van der Waals surface area contributed by atoms with Crippen molar-refractivity contribution in [1.82, 2.24) is 29.7 Å². The first-order chi connectivity index (χ1) is 16.9. The molecule has 0 radical (unpaired) electrons. The van der Waals surface area contributed by atoms with E-state index in [1.54, 1.807) is 0 Å². The van der Waals surface area contributed by atoms with Gasteiger partial charge in [0.1, 0.15) is 11.5 Å². The second kappa shape index (κ2) is 9.81. The minimum Gasteiger partial charge on any atom is -0.368 e. The first-order valence-corrected chi connectivity index (χ1v) is 12.8. The van der Waals surface area contributed by atoms with Gasteiger partial charge in [-0.2, -0.15) is 4.98 Å². The number of aromatic nitrogens is 4. The summed E-state index contributed by atoms with van der Waals surface area (Å²) in [6, 6.07) is 6.15. The van der Waals surface area contributed by atoms with Gasteiger partial charge in [0, 0.05) is 50.0 Å². The second-order valence-electron chi connectivity index (χ2n) is 10.2. The van der Waals surface area contributed by atoms with E-state index in [4.69, 9.17) is 4.98 Å². The molecule has 9 nitrogen and oxygen atoms in total. The molecule has 1 fully saturated rings. The minimum atomic E-state index is -0.230. The summed E-state index contributed by atoms with van der Waals surface area (Å²) in [5, 5.41) is 7.35. The molecule has 0 saturated carbocycles. The van der Waals surface area contributed by atoms with Gasteiger partial charge < -0.3 is 25.0 Å². The van der Waals surface area contributed by atoms with Gasteiger partial charge in [-0.15, -0.1) is 0 Å². The highest BCUT2D eigenvalue weighted by Gasteiger charge is 2.34. The number of pyridine rings is 1. The molecular weight excluding hydrogens is 440 g/mol. The average Bonchev–Trinajstić information content (AvgIpc) is 3.16. The van der Waals surface area contributed by atoms with Crippen LogP contribution in [0.2, 0.25) is 0 Å². The maximum absolute atomic E-state index is 12.4. The summed E-state index contributed by atoms with van der Waals surface area (Å²) >= 11 is 0. The predicted octanol–water partition coefficient (Wildman–Crippen LogP) is 3.29. The SMILES string of the molecule is CCCCCC1(C)CNC(=O)Cc2cc3cnc(Nc4ccc(N5CCN(C)CC5)cn4)nc3n21. The molecule has 0 spiro atoms. The maximum Gasteiger partial charge on any atom is 0.230 e. The Morgan fingerprint density at radius 1 is 1.11 bits per heavy atom. The lowest BCUT2D eigenvalue weighted by Crippen LogP contribution is -2.44. The van der Waals surface area contributed by atoms with E-state index in [1.807, 2.05) is 18.5 Å². The number of hydrogen-bond acceptors (Lipinski definition) is 7. The van der Waals surface area contributed by atoms with Crippen LogP contribution in [0.25, 0.3) is 11.0 Å². The average molecular weight is 477 g/mol. The molecule has 9 heteroatoms. The van der Waals surface area contributed by atoms with Crippen LogP contribution >= 0.6 is 0 Å². The molecule has 1 amide bonds. The highest BCUT2D eigenvalue weighted by molar-refractivity contribution is 5.84. The third-order valence-corrected chi connectivity index (χ3v) is 7.34. The van der Waals surface area contributed by atoms with Gasteiger partial charge in [0.2, 0.25) is 11.9 Å². The van der Waals surface area contributed by atoms with Crippen molar-refractivity contribution in [2.24, 2.45) is 0 Å². The minimum absolute atomic E-state index is 0.0595. The normalized spacial score (nSPS) is 21.0. The number of carbonyl (C=O) groups is 1. The molecule has 5 rings (SSSR count). The monoisotopic (exact) mass is 476 g/mol. The maximum atomic E-state index is 12.4. The number of carbonyl (C=O) groups excluding carboxylic acids is 1. The Morgan fingerprint density at radius 2 is 1.94 bits per heavy atom. The topological polar surface area (TPSA) is 91.2 Å². The van der Waals surface area contributed by atoms with Crippen molar-refractivity contribution < 1.29 is 4.79 Å². The highest BCUT2D eigenvalue weighted by atomic mass is 16.1. The van der Waals surface area contributed by atoms with Crippen LogP contribution in [0.3, 0.4) is 0 Å². The fourth-order valence-electron chi connectivity index (χ4n) is 5.21. The van der Waals surface area contributed by atoms with Crippen LogP contribution in [-0.2, 0) is 16.8 Å². The van der Waals surface area contributed by atoms with Gasteiger partial charge in [-0.1, -0.05) is 26.2 Å². The Hall–Kier alpha value is -3.20. The molecule has 1 saturated heterocycles. The number of nitrogens with one attached hydrogen (secondary N) is 2. The molecular formula is C26H36N8O. The number of anilines is 3. The molecule has 0 aliphatic carbocycles. The largest absolute Gasteiger partial charge is 0.368 e. The van der Waals surface area contributed by atoms with Crippen LogP contribution in [0.1, 0.15) is 45.2 Å². The van der Waals surface area contributed by atoms with Crippen molar-refractivity contribution in [1.29, 1.82) is 0 Å². The van der Waals surface area contributed by atoms with E-state index in [9.17, 15) is 4.79 Å². The van der Waals surface area contributed by atoms with Gasteiger partial charge in [-0.25, -0.2) is 9.97 Å². The van der Waals surface area contributed by atoms with Crippen molar-refractivity contribution >= 4 is 34.4 Å². The lowest BCUT2D eigenvalue weighted by molar-refractivity contribution is -0.120. The summed E-state index contributed by atoms with van der Waals surface area (Å²) in [6.45, 7) is 9.20. The van der Waals surface area contributed by atoms with E-state index in [0.717, 1.165) is 61.4 Å². The van der Waals surface area contributed by atoms with E-state index in [2.05, 4.69) is 68.0 Å². The number of nitrogens with zero attached hydrogens (tertiary/aromatic N) is 6. The Kier molecular flexibility index (Phi) is 6.60. The van der Waals surface area contributed by atoms with Crippen LogP contribution < -0.4 is 15.5 Å². The molecule has 1 unspecified atom stereocenters. The van der Waals surface area contributed by atoms with Crippen molar-refractivity contribution in [3.05, 3.63) is 36.3 Å². The first-order valence-electron chi connectivity index (χ1n) is 12.8. The number of unbranched alkanes of at least 4 members (excludes halogenated alkanes) is 2. The van der Waals surface area contributed by atoms with Crippen LogP contribution in [0.15, 0.2) is 30.6 Å². The van der Waals surface area contributed by atoms with Gasteiger partial charge in [0.25, 0.3) is 0 Å². The number of fused-ring (bicyclic) bond motifs is 3. The van der Waals surface area contributed by atoms with Crippen LogP contribution in [-0.4, -0.2) is 70.1 Å².